The number of carbonyl (C=O) groups excluding carboxylic acids is 1. The number of hydrogen-bond donors (Lipinski definition) is 1. The van der Waals surface area contributed by atoms with Crippen LogP contribution in [0, 0.1) is 10.1 Å². The average molecular weight is 345 g/mol. The van der Waals surface area contributed by atoms with Crippen LogP contribution in [-0.4, -0.2) is 24.9 Å². The molecular formula is C14H11N5O6. The Morgan fingerprint density at radius 2 is 1.96 bits per heavy atom. The van der Waals surface area contributed by atoms with E-state index in [9.17, 15) is 24.5 Å². The van der Waals surface area contributed by atoms with Gasteiger partial charge in [0, 0.05) is 20.3 Å². The lowest BCUT2D eigenvalue weighted by Gasteiger charge is -2.10. The summed E-state index contributed by atoms with van der Waals surface area (Å²) in [6.07, 6.45) is 1.32. The monoisotopic (exact) mass is 345 g/mol. The van der Waals surface area contributed by atoms with E-state index in [0.717, 1.165) is 16.7 Å². The third kappa shape index (κ3) is 2.56. The summed E-state index contributed by atoms with van der Waals surface area (Å²) in [7, 11) is 2.75. The van der Waals surface area contributed by atoms with Crippen LogP contribution in [0.1, 0.15) is 10.6 Å². The molecule has 1 amide bonds. The van der Waals surface area contributed by atoms with E-state index in [-0.39, 0.29) is 22.5 Å². The number of pyridine rings is 1. The summed E-state index contributed by atoms with van der Waals surface area (Å²) >= 11 is 0. The molecule has 3 rings (SSSR count). The number of carbonyl (C=O) groups is 1. The van der Waals surface area contributed by atoms with Gasteiger partial charge in [-0.1, -0.05) is 0 Å². The fraction of sp³-hybridized carbons (Fsp3) is 0.143. The maximum absolute atomic E-state index is 12.4. The molecule has 25 heavy (non-hydrogen) atoms. The predicted octanol–water partition coefficient (Wildman–Crippen LogP) is 0.386. The van der Waals surface area contributed by atoms with E-state index >= 15 is 0 Å². The number of nitrogens with zero attached hydrogens (tertiary/aromatic N) is 4. The molecule has 0 atom stereocenters. The Bertz CT molecular complexity index is 1140. The molecule has 128 valence electrons. The van der Waals surface area contributed by atoms with Gasteiger partial charge in [0.1, 0.15) is 10.3 Å². The van der Waals surface area contributed by atoms with Gasteiger partial charge in [-0.3, -0.25) is 28.8 Å². The standard InChI is InChI=1S/C14H11N5O6/c1-17-11-10(13(21)18(2)14(17)22)7(5-6-15-11)16-12(20)8-3-4-9(25-8)19(23)24/h3-6H,1-2H3,(H,15,16,20). The van der Waals surface area contributed by atoms with Crippen molar-refractivity contribution < 1.29 is 14.1 Å². The summed E-state index contributed by atoms with van der Waals surface area (Å²) in [6, 6.07) is 3.57. The van der Waals surface area contributed by atoms with Crippen molar-refractivity contribution in [2.75, 3.05) is 5.32 Å². The molecule has 0 bridgehead atoms. The molecule has 0 spiro atoms. The summed E-state index contributed by atoms with van der Waals surface area (Å²) in [5.41, 5.74) is -0.997. The molecule has 0 aliphatic carbocycles. The van der Waals surface area contributed by atoms with Gasteiger partial charge in [0.2, 0.25) is 0 Å². The smallest absolute Gasteiger partial charge is 0.395 e. The maximum Gasteiger partial charge on any atom is 0.433 e. The number of anilines is 1. The molecule has 0 radical (unpaired) electrons. The molecule has 1 N–H and O–H groups in total. The lowest BCUT2D eigenvalue weighted by Crippen LogP contribution is -2.37. The molecule has 11 nitrogen and oxygen atoms in total. The largest absolute Gasteiger partial charge is 0.433 e. The van der Waals surface area contributed by atoms with Crippen molar-refractivity contribution in [3.05, 3.63) is 61.1 Å². The predicted molar refractivity (Wildman–Crippen MR) is 85.5 cm³/mol. The van der Waals surface area contributed by atoms with E-state index in [2.05, 4.69) is 10.3 Å². The average Bonchev–Trinajstić information content (AvgIpc) is 3.08. The minimum atomic E-state index is -0.781. The number of nitro groups is 1. The molecular weight excluding hydrogens is 334 g/mol. The van der Waals surface area contributed by atoms with Crippen molar-refractivity contribution in [2.45, 2.75) is 0 Å². The topological polar surface area (TPSA) is 142 Å². The van der Waals surface area contributed by atoms with E-state index in [4.69, 9.17) is 4.42 Å². The second kappa shape index (κ2) is 5.70. The minimum Gasteiger partial charge on any atom is -0.395 e. The van der Waals surface area contributed by atoms with E-state index < -0.39 is 28.0 Å². The first-order valence-corrected chi connectivity index (χ1v) is 6.91. The number of furan rings is 1. The van der Waals surface area contributed by atoms with Crippen molar-refractivity contribution >= 4 is 28.5 Å². The van der Waals surface area contributed by atoms with Gasteiger partial charge >= 0.3 is 11.6 Å². The van der Waals surface area contributed by atoms with E-state index in [1.54, 1.807) is 0 Å². The molecule has 0 unspecified atom stereocenters. The van der Waals surface area contributed by atoms with Crippen LogP contribution in [-0.2, 0) is 14.1 Å². The second-order valence-electron chi connectivity index (χ2n) is 5.11. The number of aromatic nitrogens is 3. The van der Waals surface area contributed by atoms with Gasteiger partial charge in [-0.15, -0.1) is 0 Å². The van der Waals surface area contributed by atoms with Gasteiger partial charge < -0.3 is 9.73 Å². The fourth-order valence-electron chi connectivity index (χ4n) is 2.32. The van der Waals surface area contributed by atoms with Gasteiger partial charge in [0.15, 0.2) is 11.4 Å². The molecule has 3 aromatic heterocycles. The summed E-state index contributed by atoms with van der Waals surface area (Å²) in [5, 5.41) is 13.1. The highest BCUT2D eigenvalue weighted by Gasteiger charge is 2.20. The highest BCUT2D eigenvalue weighted by atomic mass is 16.6. The van der Waals surface area contributed by atoms with E-state index in [0.29, 0.717) is 0 Å². The Balaban J connectivity index is 2.10. The number of rotatable bonds is 3. The Morgan fingerprint density at radius 1 is 1.24 bits per heavy atom. The normalized spacial score (nSPS) is 10.8. The van der Waals surface area contributed by atoms with Crippen molar-refractivity contribution in [3.8, 4) is 0 Å². The minimum absolute atomic E-state index is 0.0292. The second-order valence-corrected chi connectivity index (χ2v) is 5.11. The van der Waals surface area contributed by atoms with Crippen molar-refractivity contribution in [1.29, 1.82) is 0 Å². The molecule has 0 saturated heterocycles. The molecule has 0 aliphatic heterocycles. The summed E-state index contributed by atoms with van der Waals surface area (Å²) < 4.78 is 6.88. The van der Waals surface area contributed by atoms with Gasteiger partial charge in [-0.2, -0.15) is 0 Å². The van der Waals surface area contributed by atoms with Crippen LogP contribution >= 0.6 is 0 Å². The highest BCUT2D eigenvalue weighted by molar-refractivity contribution is 6.06. The first kappa shape index (κ1) is 16.1. The van der Waals surface area contributed by atoms with Crippen molar-refractivity contribution in [3.63, 3.8) is 0 Å². The molecule has 0 aromatic carbocycles. The maximum atomic E-state index is 12.4. The van der Waals surface area contributed by atoms with Crippen LogP contribution < -0.4 is 16.6 Å². The van der Waals surface area contributed by atoms with Crippen molar-refractivity contribution in [2.24, 2.45) is 14.1 Å². The molecule has 0 fully saturated rings. The first-order valence-electron chi connectivity index (χ1n) is 6.91. The van der Waals surface area contributed by atoms with Gasteiger partial charge in [-0.25, -0.2) is 9.78 Å². The van der Waals surface area contributed by atoms with Crippen LogP contribution in [0.3, 0.4) is 0 Å². The third-order valence-corrected chi connectivity index (χ3v) is 3.58. The van der Waals surface area contributed by atoms with E-state index in [1.807, 2.05) is 0 Å². The van der Waals surface area contributed by atoms with Gasteiger partial charge in [-0.05, 0) is 12.1 Å². The zero-order valence-corrected chi connectivity index (χ0v) is 13.0. The lowest BCUT2D eigenvalue weighted by molar-refractivity contribution is -0.402. The molecule has 11 heteroatoms. The van der Waals surface area contributed by atoms with Crippen LogP contribution in [0.4, 0.5) is 11.6 Å². The van der Waals surface area contributed by atoms with Gasteiger partial charge in [0.05, 0.1) is 11.8 Å². The van der Waals surface area contributed by atoms with Gasteiger partial charge in [0.25, 0.3) is 11.5 Å². The Kier molecular flexibility index (Phi) is 3.68. The Morgan fingerprint density at radius 3 is 2.60 bits per heavy atom. The zero-order valence-electron chi connectivity index (χ0n) is 13.0. The number of fused-ring (bicyclic) bond motifs is 1. The number of amides is 1. The SMILES string of the molecule is Cn1c(=O)c2c(NC(=O)c3ccc([N+](=O)[O-])o3)ccnc2n(C)c1=O. The first-order chi connectivity index (χ1) is 11.8. The van der Waals surface area contributed by atoms with Crippen LogP contribution in [0.15, 0.2) is 38.4 Å². The van der Waals surface area contributed by atoms with Crippen LogP contribution in [0.5, 0.6) is 0 Å². The Hall–Kier alpha value is -3.76. The molecule has 3 heterocycles. The molecule has 0 saturated carbocycles. The molecule has 0 aliphatic rings. The fourth-order valence-corrected chi connectivity index (χ4v) is 2.32. The summed E-state index contributed by atoms with van der Waals surface area (Å²) in [6.45, 7) is 0. The summed E-state index contributed by atoms with van der Waals surface area (Å²) in [5.74, 6) is -1.65. The zero-order chi connectivity index (χ0) is 18.3. The van der Waals surface area contributed by atoms with Crippen LogP contribution in [0.2, 0.25) is 0 Å². The third-order valence-electron chi connectivity index (χ3n) is 3.58. The van der Waals surface area contributed by atoms with E-state index in [1.165, 1.54) is 30.9 Å². The van der Waals surface area contributed by atoms with Crippen molar-refractivity contribution in [1.82, 2.24) is 14.1 Å². The quantitative estimate of drug-likeness (QED) is 0.534. The Labute approximate surface area is 138 Å². The number of aryl methyl sites for hydroxylation is 1. The highest BCUT2D eigenvalue weighted by Crippen LogP contribution is 2.20. The summed E-state index contributed by atoms with van der Waals surface area (Å²) in [4.78, 5) is 50.4. The van der Waals surface area contributed by atoms with Crippen LogP contribution in [0.25, 0.3) is 11.0 Å². The molecule has 3 aromatic rings. The number of hydrogen-bond acceptors (Lipinski definition) is 7. The lowest BCUT2D eigenvalue weighted by atomic mass is 10.2. The number of nitrogens with one attached hydrogen (secondary N) is 1.